The number of nitrogens with one attached hydrogen (secondary N) is 1. The van der Waals surface area contributed by atoms with Crippen molar-refractivity contribution in [3.63, 3.8) is 0 Å². The average Bonchev–Trinajstić information content (AvgIpc) is 2.64. The molecule has 2 N–H and O–H groups in total. The maximum atomic E-state index is 12.3. The lowest BCUT2D eigenvalue weighted by molar-refractivity contribution is -0.160. The lowest BCUT2D eigenvalue weighted by atomic mass is 9.88. The first-order valence-electron chi connectivity index (χ1n) is 9.84. The molecule has 2 aromatic carbocycles. The molecule has 7 heteroatoms. The largest absolute Gasteiger partial charge is 0.479 e. The van der Waals surface area contributed by atoms with Crippen LogP contribution in [0.25, 0.3) is 22.0 Å². The van der Waals surface area contributed by atoms with Crippen molar-refractivity contribution in [2.24, 2.45) is 0 Å². The summed E-state index contributed by atoms with van der Waals surface area (Å²) in [6.07, 6.45) is -1.18. The molecule has 0 aliphatic heterocycles. The van der Waals surface area contributed by atoms with E-state index in [0.717, 1.165) is 16.5 Å². The van der Waals surface area contributed by atoms with Gasteiger partial charge in [-0.15, -0.1) is 0 Å². The Morgan fingerprint density at radius 1 is 1.13 bits per heavy atom. The summed E-state index contributed by atoms with van der Waals surface area (Å²) in [7, 11) is 0. The van der Waals surface area contributed by atoms with Crippen molar-refractivity contribution >= 4 is 40.2 Å². The van der Waals surface area contributed by atoms with Gasteiger partial charge in [-0.1, -0.05) is 23.7 Å². The number of hydrogen-bond acceptors (Lipinski definition) is 4. The van der Waals surface area contributed by atoms with E-state index in [0.29, 0.717) is 27.5 Å². The zero-order chi connectivity index (χ0) is 22.9. The van der Waals surface area contributed by atoms with Gasteiger partial charge in [0.1, 0.15) is 5.82 Å². The Kier molecular flexibility index (Phi) is 6.34. The molecule has 0 unspecified atom stereocenters. The molecule has 0 saturated heterocycles. The van der Waals surface area contributed by atoms with Crippen molar-refractivity contribution in [2.75, 3.05) is 5.32 Å². The van der Waals surface area contributed by atoms with Gasteiger partial charge >= 0.3 is 5.97 Å². The molecule has 0 aliphatic carbocycles. The second-order valence-electron chi connectivity index (χ2n) is 8.38. The highest BCUT2D eigenvalue weighted by molar-refractivity contribution is 6.30. The van der Waals surface area contributed by atoms with Crippen LogP contribution in [0.15, 0.2) is 42.5 Å². The van der Waals surface area contributed by atoms with Crippen LogP contribution in [-0.2, 0) is 14.3 Å². The number of aromatic nitrogens is 1. The van der Waals surface area contributed by atoms with Crippen LogP contribution in [-0.4, -0.2) is 27.6 Å². The maximum absolute atomic E-state index is 12.3. The standard InChI is InChI=1S/C24H25ClN2O4/c1-13-12-18-17(10-11-19(27-18)26-14(2)28)21(15-6-8-16(25)9-7-15)20(13)22(23(29)30)31-24(3,4)5/h6-12,22H,1-5H3,(H,29,30)(H,26,27,28)/t22-/m0/s1. The first-order valence-corrected chi connectivity index (χ1v) is 10.2. The quantitative estimate of drug-likeness (QED) is 0.526. The van der Waals surface area contributed by atoms with E-state index in [1.807, 2.05) is 52.0 Å². The molecule has 6 nitrogen and oxygen atoms in total. The fourth-order valence-corrected chi connectivity index (χ4v) is 3.65. The molecule has 1 amide bonds. The highest BCUT2D eigenvalue weighted by Crippen LogP contribution is 2.40. The number of aryl methyl sites for hydroxylation is 1. The predicted molar refractivity (Wildman–Crippen MR) is 122 cm³/mol. The Hall–Kier alpha value is -2.96. The van der Waals surface area contributed by atoms with E-state index in [1.54, 1.807) is 18.2 Å². The monoisotopic (exact) mass is 440 g/mol. The van der Waals surface area contributed by atoms with E-state index in [-0.39, 0.29) is 5.91 Å². The van der Waals surface area contributed by atoms with Gasteiger partial charge < -0.3 is 15.2 Å². The smallest absolute Gasteiger partial charge is 0.337 e. The average molecular weight is 441 g/mol. The molecule has 162 valence electrons. The summed E-state index contributed by atoms with van der Waals surface area (Å²) < 4.78 is 5.97. The number of ether oxygens (including phenoxy) is 1. The van der Waals surface area contributed by atoms with Gasteiger partial charge in [0.05, 0.1) is 11.1 Å². The Bertz CT molecular complexity index is 1150. The minimum atomic E-state index is -1.18. The van der Waals surface area contributed by atoms with Crippen LogP contribution < -0.4 is 5.32 Å². The Morgan fingerprint density at radius 2 is 1.77 bits per heavy atom. The Balaban J connectivity index is 2.35. The van der Waals surface area contributed by atoms with Crippen molar-refractivity contribution in [1.29, 1.82) is 0 Å². The maximum Gasteiger partial charge on any atom is 0.337 e. The van der Waals surface area contributed by atoms with E-state index in [4.69, 9.17) is 16.3 Å². The van der Waals surface area contributed by atoms with Crippen LogP contribution in [0.4, 0.5) is 5.82 Å². The van der Waals surface area contributed by atoms with Crippen molar-refractivity contribution in [3.05, 3.63) is 58.6 Å². The molecule has 3 aromatic rings. The number of hydrogen-bond donors (Lipinski definition) is 2. The lowest BCUT2D eigenvalue weighted by Crippen LogP contribution is -2.28. The molecular formula is C24H25ClN2O4. The van der Waals surface area contributed by atoms with E-state index >= 15 is 0 Å². The highest BCUT2D eigenvalue weighted by atomic mass is 35.5. The minimum absolute atomic E-state index is 0.220. The summed E-state index contributed by atoms with van der Waals surface area (Å²) in [6.45, 7) is 8.72. The van der Waals surface area contributed by atoms with Gasteiger partial charge in [-0.05, 0) is 74.7 Å². The third kappa shape index (κ3) is 5.21. The number of fused-ring (bicyclic) bond motifs is 1. The minimum Gasteiger partial charge on any atom is -0.479 e. The highest BCUT2D eigenvalue weighted by Gasteiger charge is 2.31. The number of carboxylic acid groups (broad SMARTS) is 1. The van der Waals surface area contributed by atoms with Gasteiger partial charge in [0.25, 0.3) is 0 Å². The third-order valence-electron chi connectivity index (χ3n) is 4.64. The number of carboxylic acids is 1. The number of carbonyl (C=O) groups excluding carboxylic acids is 1. The molecule has 0 radical (unpaired) electrons. The van der Waals surface area contributed by atoms with Gasteiger partial charge in [0.2, 0.25) is 5.91 Å². The summed E-state index contributed by atoms with van der Waals surface area (Å²) in [6, 6.07) is 12.6. The van der Waals surface area contributed by atoms with Gasteiger partial charge in [-0.25, -0.2) is 9.78 Å². The molecule has 1 atom stereocenters. The van der Waals surface area contributed by atoms with Gasteiger partial charge in [-0.3, -0.25) is 4.79 Å². The number of pyridine rings is 1. The molecule has 0 bridgehead atoms. The fraction of sp³-hybridized carbons (Fsp3) is 0.292. The molecule has 31 heavy (non-hydrogen) atoms. The molecule has 1 heterocycles. The number of amides is 1. The Labute approximate surface area is 186 Å². The van der Waals surface area contributed by atoms with Crippen LogP contribution >= 0.6 is 11.6 Å². The molecular weight excluding hydrogens is 416 g/mol. The van der Waals surface area contributed by atoms with E-state index < -0.39 is 17.7 Å². The van der Waals surface area contributed by atoms with E-state index in [9.17, 15) is 14.7 Å². The SMILES string of the molecule is CC(=O)Nc1ccc2c(-c3ccc(Cl)cc3)c([C@H](OC(C)(C)C)C(=O)O)c(C)cc2n1. The van der Waals surface area contributed by atoms with Crippen molar-refractivity contribution in [2.45, 2.75) is 46.3 Å². The van der Waals surface area contributed by atoms with Crippen molar-refractivity contribution in [3.8, 4) is 11.1 Å². The molecule has 0 aliphatic rings. The zero-order valence-corrected chi connectivity index (χ0v) is 18.9. The van der Waals surface area contributed by atoms with E-state index in [2.05, 4.69) is 10.3 Å². The van der Waals surface area contributed by atoms with Crippen LogP contribution in [0.3, 0.4) is 0 Å². The zero-order valence-electron chi connectivity index (χ0n) is 18.1. The van der Waals surface area contributed by atoms with Crippen molar-refractivity contribution in [1.82, 2.24) is 4.98 Å². The number of aliphatic carboxylic acids is 1. The van der Waals surface area contributed by atoms with Gasteiger partial charge in [0, 0.05) is 22.9 Å². The number of nitrogens with zero attached hydrogens (tertiary/aromatic N) is 1. The van der Waals surface area contributed by atoms with Crippen LogP contribution in [0.2, 0.25) is 5.02 Å². The summed E-state index contributed by atoms with van der Waals surface area (Å²) in [4.78, 5) is 28.3. The van der Waals surface area contributed by atoms with Gasteiger partial charge in [-0.2, -0.15) is 0 Å². The topological polar surface area (TPSA) is 88.5 Å². The summed E-state index contributed by atoms with van der Waals surface area (Å²) in [5.74, 6) is -0.868. The van der Waals surface area contributed by atoms with E-state index in [1.165, 1.54) is 6.92 Å². The number of rotatable bonds is 5. The fourth-order valence-electron chi connectivity index (χ4n) is 3.52. The lowest BCUT2D eigenvalue weighted by Gasteiger charge is -2.28. The number of carbonyl (C=O) groups is 2. The predicted octanol–water partition coefficient (Wildman–Crippen LogP) is 5.76. The first kappa shape index (κ1) is 22.7. The number of benzene rings is 2. The van der Waals surface area contributed by atoms with Crippen LogP contribution in [0, 0.1) is 6.92 Å². The summed E-state index contributed by atoms with van der Waals surface area (Å²) >= 11 is 6.09. The molecule has 1 aromatic heterocycles. The van der Waals surface area contributed by atoms with Crippen molar-refractivity contribution < 1.29 is 19.4 Å². The second kappa shape index (κ2) is 8.65. The molecule has 0 spiro atoms. The normalized spacial score (nSPS) is 12.6. The number of halogens is 1. The molecule has 3 rings (SSSR count). The third-order valence-corrected chi connectivity index (χ3v) is 4.89. The van der Waals surface area contributed by atoms with Gasteiger partial charge in [0.15, 0.2) is 6.10 Å². The first-order chi connectivity index (χ1) is 14.5. The summed E-state index contributed by atoms with van der Waals surface area (Å²) in [5, 5.41) is 14.0. The molecule has 0 fully saturated rings. The second-order valence-corrected chi connectivity index (χ2v) is 8.82. The van der Waals surface area contributed by atoms with Crippen LogP contribution in [0.5, 0.6) is 0 Å². The summed E-state index contributed by atoms with van der Waals surface area (Å²) in [5.41, 5.74) is 2.76. The molecule has 0 saturated carbocycles. The Morgan fingerprint density at radius 3 is 2.32 bits per heavy atom. The van der Waals surface area contributed by atoms with Crippen LogP contribution in [0.1, 0.15) is 44.9 Å². The number of anilines is 1.